The van der Waals surface area contributed by atoms with Crippen LogP contribution in [0.15, 0.2) is 63.9 Å². The van der Waals surface area contributed by atoms with E-state index in [0.29, 0.717) is 4.67 Å². The zero-order chi connectivity index (χ0) is 17.4. The zero-order valence-corrected chi connectivity index (χ0v) is 15.5. The normalized spacial score (nSPS) is 14.7. The first kappa shape index (κ1) is 16.3. The van der Waals surface area contributed by atoms with E-state index in [-0.39, 0.29) is 4.90 Å². The molecular formula is C19H18N2O2S2. The van der Waals surface area contributed by atoms with Gasteiger partial charge in [0.1, 0.15) is 0 Å². The minimum atomic E-state index is -3.70. The van der Waals surface area contributed by atoms with Gasteiger partial charge in [0.05, 0.1) is 10.6 Å². The Morgan fingerprint density at radius 2 is 1.72 bits per heavy atom. The molecule has 6 heteroatoms. The van der Waals surface area contributed by atoms with E-state index in [1.807, 2.05) is 37.3 Å². The van der Waals surface area contributed by atoms with Crippen LogP contribution in [0.2, 0.25) is 0 Å². The zero-order valence-electron chi connectivity index (χ0n) is 13.8. The molecule has 3 aromatic rings. The lowest BCUT2D eigenvalue weighted by Gasteiger charge is -2.04. The minimum absolute atomic E-state index is 0.240. The van der Waals surface area contributed by atoms with E-state index in [9.17, 15) is 8.42 Å². The summed E-state index contributed by atoms with van der Waals surface area (Å²) in [4.78, 5) is 0.240. The Hall–Kier alpha value is -2.18. The number of hydrogen-bond donors (Lipinski definition) is 0. The third-order valence-corrected chi connectivity index (χ3v) is 6.91. The van der Waals surface area contributed by atoms with Gasteiger partial charge in [0.2, 0.25) is 0 Å². The standard InChI is InChI=1S/C19H18N2O2S2/c1-14-10-12-16(13-11-14)25(22,23)20-19-17-8-5-9-18(17)21(24-19)15-6-3-2-4-7-15/h2-4,6-7,10-13H,5,8-9H2,1H3/b20-19-. The highest BCUT2D eigenvalue weighted by atomic mass is 32.2. The van der Waals surface area contributed by atoms with E-state index in [2.05, 4.69) is 8.35 Å². The average molecular weight is 370 g/mol. The molecule has 0 atom stereocenters. The maximum absolute atomic E-state index is 12.7. The van der Waals surface area contributed by atoms with Crippen LogP contribution in [0.4, 0.5) is 0 Å². The molecule has 1 aliphatic carbocycles. The number of hydrogen-bond acceptors (Lipinski definition) is 3. The molecule has 0 N–H and O–H groups in total. The highest BCUT2D eigenvalue weighted by Gasteiger charge is 2.22. The van der Waals surface area contributed by atoms with Crippen LogP contribution in [0.5, 0.6) is 0 Å². The van der Waals surface area contributed by atoms with Gasteiger partial charge in [-0.2, -0.15) is 8.42 Å². The van der Waals surface area contributed by atoms with Gasteiger partial charge in [-0.15, -0.1) is 4.40 Å². The van der Waals surface area contributed by atoms with Gasteiger partial charge in [-0.05, 0) is 62.0 Å². The fourth-order valence-electron chi connectivity index (χ4n) is 3.09. The molecule has 0 fully saturated rings. The molecule has 0 radical (unpaired) electrons. The molecule has 0 aliphatic heterocycles. The van der Waals surface area contributed by atoms with Crippen LogP contribution in [-0.4, -0.2) is 12.4 Å². The number of rotatable bonds is 3. The third-order valence-electron chi connectivity index (χ3n) is 4.38. The van der Waals surface area contributed by atoms with Crippen molar-refractivity contribution in [1.29, 1.82) is 0 Å². The molecule has 128 valence electrons. The van der Waals surface area contributed by atoms with Crippen molar-refractivity contribution >= 4 is 21.6 Å². The maximum atomic E-state index is 12.7. The van der Waals surface area contributed by atoms with Crippen LogP contribution < -0.4 is 4.67 Å². The van der Waals surface area contributed by atoms with Gasteiger partial charge in [-0.3, -0.25) is 3.96 Å². The average Bonchev–Trinajstić information content (AvgIpc) is 3.20. The second kappa shape index (κ2) is 6.28. The van der Waals surface area contributed by atoms with E-state index in [1.54, 1.807) is 24.3 Å². The molecule has 0 saturated carbocycles. The lowest BCUT2D eigenvalue weighted by atomic mass is 10.2. The van der Waals surface area contributed by atoms with Crippen LogP contribution in [0.1, 0.15) is 23.2 Å². The molecule has 0 saturated heterocycles. The highest BCUT2D eigenvalue weighted by Crippen LogP contribution is 2.26. The van der Waals surface area contributed by atoms with Gasteiger partial charge in [0, 0.05) is 11.3 Å². The SMILES string of the molecule is Cc1ccc(S(=O)(=O)/N=c2\sn(-c3ccccc3)c3c2CCC3)cc1. The van der Waals surface area contributed by atoms with Crippen molar-refractivity contribution in [3.05, 3.63) is 76.1 Å². The second-order valence-corrected chi connectivity index (χ2v) is 8.72. The molecule has 0 bridgehead atoms. The molecule has 2 aromatic carbocycles. The molecule has 1 aliphatic rings. The Morgan fingerprint density at radius 3 is 2.44 bits per heavy atom. The molecule has 0 unspecified atom stereocenters. The van der Waals surface area contributed by atoms with Crippen molar-refractivity contribution in [3.8, 4) is 5.69 Å². The summed E-state index contributed by atoms with van der Waals surface area (Å²) in [6, 6.07) is 16.9. The summed E-state index contributed by atoms with van der Waals surface area (Å²) in [7, 11) is -3.70. The van der Waals surface area contributed by atoms with Crippen LogP contribution in [0.3, 0.4) is 0 Å². The van der Waals surface area contributed by atoms with Gasteiger partial charge in [-0.1, -0.05) is 35.9 Å². The van der Waals surface area contributed by atoms with Crippen molar-refractivity contribution in [2.75, 3.05) is 0 Å². The Kier molecular flexibility index (Phi) is 4.09. The fraction of sp³-hybridized carbons (Fsp3) is 0.211. The second-order valence-electron chi connectivity index (χ2n) is 6.18. The summed E-state index contributed by atoms with van der Waals surface area (Å²) in [5.41, 5.74) is 4.34. The molecule has 4 nitrogen and oxygen atoms in total. The van der Waals surface area contributed by atoms with E-state index in [4.69, 9.17) is 0 Å². The van der Waals surface area contributed by atoms with E-state index in [1.165, 1.54) is 17.2 Å². The van der Waals surface area contributed by atoms with E-state index in [0.717, 1.165) is 36.1 Å². The first-order valence-electron chi connectivity index (χ1n) is 8.22. The van der Waals surface area contributed by atoms with E-state index < -0.39 is 10.0 Å². The first-order valence-corrected chi connectivity index (χ1v) is 10.4. The van der Waals surface area contributed by atoms with Crippen molar-refractivity contribution in [1.82, 2.24) is 3.96 Å². The number of aryl methyl sites for hydroxylation is 1. The Morgan fingerprint density at radius 1 is 1.00 bits per heavy atom. The number of para-hydroxylation sites is 1. The van der Waals surface area contributed by atoms with Crippen LogP contribution >= 0.6 is 11.5 Å². The molecular weight excluding hydrogens is 352 g/mol. The molecule has 4 rings (SSSR count). The summed E-state index contributed by atoms with van der Waals surface area (Å²) in [6.07, 6.45) is 2.88. The van der Waals surface area contributed by atoms with Gasteiger partial charge >= 0.3 is 0 Å². The monoisotopic (exact) mass is 370 g/mol. The van der Waals surface area contributed by atoms with Gasteiger partial charge in [-0.25, -0.2) is 0 Å². The Labute approximate surface area is 151 Å². The summed E-state index contributed by atoms with van der Waals surface area (Å²) < 4.78 is 32.3. The number of nitrogens with zero attached hydrogens (tertiary/aromatic N) is 2. The Balaban J connectivity index is 1.86. The number of sulfonamides is 1. The van der Waals surface area contributed by atoms with Crippen molar-refractivity contribution in [3.63, 3.8) is 0 Å². The summed E-state index contributed by atoms with van der Waals surface area (Å²) in [5.74, 6) is 0. The van der Waals surface area contributed by atoms with Gasteiger partial charge in [0.25, 0.3) is 10.0 Å². The predicted octanol–water partition coefficient (Wildman–Crippen LogP) is 3.63. The van der Waals surface area contributed by atoms with Crippen LogP contribution in [0.25, 0.3) is 5.69 Å². The molecule has 1 aromatic heterocycles. The van der Waals surface area contributed by atoms with Crippen molar-refractivity contribution < 1.29 is 8.42 Å². The quantitative estimate of drug-likeness (QED) is 0.707. The number of benzene rings is 2. The topological polar surface area (TPSA) is 51.4 Å². The van der Waals surface area contributed by atoms with Crippen molar-refractivity contribution in [2.24, 2.45) is 4.40 Å². The van der Waals surface area contributed by atoms with Gasteiger partial charge < -0.3 is 0 Å². The maximum Gasteiger partial charge on any atom is 0.283 e. The lowest BCUT2D eigenvalue weighted by Crippen LogP contribution is -2.07. The fourth-order valence-corrected chi connectivity index (χ4v) is 5.48. The largest absolute Gasteiger partial charge is 0.283 e. The Bertz CT molecular complexity index is 1080. The van der Waals surface area contributed by atoms with Crippen LogP contribution in [-0.2, 0) is 22.9 Å². The minimum Gasteiger partial charge on any atom is -0.268 e. The van der Waals surface area contributed by atoms with Crippen LogP contribution in [0, 0.1) is 6.92 Å². The lowest BCUT2D eigenvalue weighted by molar-refractivity contribution is 0.597. The predicted molar refractivity (Wildman–Crippen MR) is 99.6 cm³/mol. The van der Waals surface area contributed by atoms with Gasteiger partial charge in [0.15, 0.2) is 4.67 Å². The molecule has 25 heavy (non-hydrogen) atoms. The summed E-state index contributed by atoms with van der Waals surface area (Å²) >= 11 is 1.41. The molecule has 0 spiro atoms. The third kappa shape index (κ3) is 3.07. The van der Waals surface area contributed by atoms with Crippen molar-refractivity contribution in [2.45, 2.75) is 31.1 Å². The number of fused-ring (bicyclic) bond motifs is 1. The first-order chi connectivity index (χ1) is 12.0. The van der Waals surface area contributed by atoms with E-state index >= 15 is 0 Å². The highest BCUT2D eigenvalue weighted by molar-refractivity contribution is 7.90. The smallest absolute Gasteiger partial charge is 0.268 e. The molecule has 1 heterocycles. The summed E-state index contributed by atoms with van der Waals surface area (Å²) in [5, 5.41) is 0. The molecule has 0 amide bonds. The number of aromatic nitrogens is 1. The summed E-state index contributed by atoms with van der Waals surface area (Å²) in [6.45, 7) is 1.93.